The highest BCUT2D eigenvalue weighted by atomic mass is 16.4. The molecule has 0 bridgehead atoms. The van der Waals surface area contributed by atoms with Gasteiger partial charge in [0.25, 0.3) is 0 Å². The third kappa shape index (κ3) is 18.1. The molecule has 0 spiro atoms. The number of rotatable bonds is 27. The third-order valence-corrected chi connectivity index (χ3v) is 8.59. The summed E-state index contributed by atoms with van der Waals surface area (Å²) in [5, 5.41) is 62.2. The molecule has 7 amide bonds. The van der Waals surface area contributed by atoms with E-state index in [-0.39, 0.29) is 25.8 Å². The average Bonchev–Trinajstić information content (AvgIpc) is 3.10. The lowest BCUT2D eigenvalue weighted by atomic mass is 9.96. The smallest absolute Gasteiger partial charge is 0.328 e. The first-order chi connectivity index (χ1) is 26.0. The number of primary amides is 1. The van der Waals surface area contributed by atoms with Crippen molar-refractivity contribution in [2.75, 3.05) is 6.54 Å². The van der Waals surface area contributed by atoms with Crippen LogP contribution in [-0.4, -0.2) is 146 Å². The Kier molecular flexibility index (Phi) is 23.0. The van der Waals surface area contributed by atoms with E-state index in [4.69, 9.17) is 22.3 Å². The van der Waals surface area contributed by atoms with Gasteiger partial charge in [0.05, 0.1) is 30.8 Å². The maximum atomic E-state index is 13.7. The summed E-state index contributed by atoms with van der Waals surface area (Å²) in [6.45, 7) is 6.86. The first-order valence-electron chi connectivity index (χ1n) is 18.0. The van der Waals surface area contributed by atoms with Crippen molar-refractivity contribution in [2.24, 2.45) is 23.1 Å². The van der Waals surface area contributed by atoms with Gasteiger partial charge >= 0.3 is 11.9 Å². The van der Waals surface area contributed by atoms with Crippen LogP contribution in [0.1, 0.15) is 79.6 Å². The molecule has 0 unspecified atom stereocenters. The Morgan fingerprint density at radius 1 is 0.571 bits per heavy atom. The maximum absolute atomic E-state index is 13.7. The third-order valence-electron chi connectivity index (χ3n) is 8.59. The van der Waals surface area contributed by atoms with E-state index in [0.717, 1.165) is 13.8 Å². The summed E-state index contributed by atoms with van der Waals surface area (Å²) in [6, 6.07) is -11.2. The second-order valence-corrected chi connectivity index (χ2v) is 13.5. The number of unbranched alkanes of at least 4 members (excludes halogenated alkanes) is 1. The van der Waals surface area contributed by atoms with Crippen LogP contribution in [0.15, 0.2) is 0 Å². The highest BCUT2D eigenvalue weighted by molar-refractivity contribution is 5.98. The van der Waals surface area contributed by atoms with Crippen molar-refractivity contribution in [1.82, 2.24) is 31.9 Å². The molecule has 0 aliphatic heterocycles. The number of carboxylic acids is 2. The molecule has 23 heteroatoms. The minimum Gasteiger partial charge on any atom is -0.481 e. The van der Waals surface area contributed by atoms with Crippen LogP contribution in [0.3, 0.4) is 0 Å². The molecular formula is C33H59N9O14. The van der Waals surface area contributed by atoms with Gasteiger partial charge in [0, 0.05) is 6.42 Å². The van der Waals surface area contributed by atoms with Gasteiger partial charge in [-0.25, -0.2) is 4.79 Å². The van der Waals surface area contributed by atoms with Gasteiger partial charge in [-0.1, -0.05) is 20.3 Å². The molecular weight excluding hydrogens is 746 g/mol. The van der Waals surface area contributed by atoms with Crippen molar-refractivity contribution in [3.8, 4) is 0 Å². The molecule has 0 heterocycles. The quantitative estimate of drug-likeness (QED) is 0.0344. The molecule has 17 N–H and O–H groups in total. The summed E-state index contributed by atoms with van der Waals surface area (Å²) >= 11 is 0. The zero-order chi connectivity index (χ0) is 43.4. The highest BCUT2D eigenvalue weighted by Gasteiger charge is 2.37. The zero-order valence-electron chi connectivity index (χ0n) is 32.2. The van der Waals surface area contributed by atoms with E-state index in [1.54, 1.807) is 13.8 Å². The molecule has 0 saturated heterocycles. The number of aliphatic hydroxyl groups is 3. The van der Waals surface area contributed by atoms with Gasteiger partial charge in [0.15, 0.2) is 6.04 Å². The van der Waals surface area contributed by atoms with Crippen molar-refractivity contribution in [1.29, 1.82) is 0 Å². The molecule has 11 atom stereocenters. The standard InChI is InChI=1S/C33H59N9O14/c1-6-14(2)23(39-32(54)25(16(4)44)40-27(49)18(35)10-11-22(47)48)30(52)37-19(9-7-8-12-34)28(50)41-24(15(3)43)31(53)38-20(13-21(36)46)29(51)42-26(17(5)45)33(55)56/h14-20,23-26,43-45H,6-13,34-35H2,1-5H3,(H2,36,46)(H,37,52)(H,38,53)(H,39,54)(H,40,49)(H,41,50)(H,42,51)(H,47,48)(H,55,56)/t14-,15+,16+,17+,18-,19-,20-,23-,24-,25-,26-/m0/s1. The predicted octanol–water partition coefficient (Wildman–Crippen LogP) is -5.64. The first-order valence-corrected chi connectivity index (χ1v) is 18.0. The van der Waals surface area contributed by atoms with Gasteiger partial charge in [0.1, 0.15) is 30.2 Å². The van der Waals surface area contributed by atoms with E-state index in [2.05, 4.69) is 26.6 Å². The number of hydrogen-bond donors (Lipinski definition) is 14. The summed E-state index contributed by atoms with van der Waals surface area (Å²) in [4.78, 5) is 113. The number of hydrogen-bond acceptors (Lipinski definition) is 14. The molecule has 0 aliphatic rings. The van der Waals surface area contributed by atoms with Crippen LogP contribution in [0.4, 0.5) is 0 Å². The Hall–Kier alpha value is -4.97. The Morgan fingerprint density at radius 3 is 1.45 bits per heavy atom. The van der Waals surface area contributed by atoms with Crippen molar-refractivity contribution in [2.45, 2.75) is 140 Å². The van der Waals surface area contributed by atoms with Crippen LogP contribution in [0.5, 0.6) is 0 Å². The average molecular weight is 806 g/mol. The van der Waals surface area contributed by atoms with Gasteiger partial charge < -0.3 is 74.6 Å². The number of nitrogens with two attached hydrogens (primary N) is 3. The first kappa shape index (κ1) is 51.0. The number of carbonyl (C=O) groups excluding carboxylic acids is 7. The van der Waals surface area contributed by atoms with E-state index in [1.165, 1.54) is 6.92 Å². The lowest BCUT2D eigenvalue weighted by Gasteiger charge is -2.30. The number of aliphatic hydroxyl groups excluding tert-OH is 3. The zero-order valence-corrected chi connectivity index (χ0v) is 32.2. The van der Waals surface area contributed by atoms with Crippen molar-refractivity contribution in [3.05, 3.63) is 0 Å². The fourth-order valence-electron chi connectivity index (χ4n) is 5.02. The van der Waals surface area contributed by atoms with Gasteiger partial charge in [-0.05, 0) is 58.9 Å². The molecule has 0 fully saturated rings. The number of nitrogens with one attached hydrogen (secondary N) is 6. The molecule has 0 aromatic heterocycles. The lowest BCUT2D eigenvalue weighted by Crippen LogP contribution is -2.63. The molecule has 0 aliphatic carbocycles. The largest absolute Gasteiger partial charge is 0.481 e. The molecule has 320 valence electrons. The molecule has 0 aromatic carbocycles. The van der Waals surface area contributed by atoms with E-state index >= 15 is 0 Å². The Bertz CT molecular complexity index is 1380. The Balaban J connectivity index is 6.30. The van der Waals surface area contributed by atoms with E-state index in [0.29, 0.717) is 12.8 Å². The predicted molar refractivity (Wildman–Crippen MR) is 195 cm³/mol. The van der Waals surface area contributed by atoms with Gasteiger partial charge in [0.2, 0.25) is 41.4 Å². The Morgan fingerprint density at radius 2 is 1.00 bits per heavy atom. The van der Waals surface area contributed by atoms with Gasteiger partial charge in [-0.15, -0.1) is 0 Å². The van der Waals surface area contributed by atoms with E-state index < -0.39 is 133 Å². The van der Waals surface area contributed by atoms with Crippen LogP contribution >= 0.6 is 0 Å². The van der Waals surface area contributed by atoms with Crippen LogP contribution < -0.4 is 49.1 Å². The van der Waals surface area contributed by atoms with Crippen molar-refractivity contribution < 1.29 is 68.7 Å². The summed E-state index contributed by atoms with van der Waals surface area (Å²) in [5.74, 6) is -10.8. The van der Waals surface area contributed by atoms with Crippen LogP contribution in [-0.2, 0) is 43.2 Å². The molecule has 23 nitrogen and oxygen atoms in total. The fourth-order valence-corrected chi connectivity index (χ4v) is 5.02. The number of carboxylic acid groups (broad SMARTS) is 2. The molecule has 0 aromatic rings. The molecule has 56 heavy (non-hydrogen) atoms. The van der Waals surface area contributed by atoms with E-state index in [9.17, 15) is 63.6 Å². The number of aliphatic carboxylic acids is 2. The SMILES string of the molecule is CC[C@H](C)[C@H](NC(=O)[C@@H](NC(=O)[C@@H](N)CCC(=O)O)[C@@H](C)O)C(=O)N[C@@H](CCCCN)C(=O)N[C@H](C(=O)N[C@@H](CC(N)=O)C(=O)N[C@H](C(=O)O)[C@@H](C)O)[C@@H](C)O. The number of carbonyl (C=O) groups is 9. The normalized spacial score (nSPS) is 17.0. The summed E-state index contributed by atoms with van der Waals surface area (Å²) in [5.41, 5.74) is 16.5. The topological polar surface area (TPSA) is 405 Å². The lowest BCUT2D eigenvalue weighted by molar-refractivity contribution is -0.145. The van der Waals surface area contributed by atoms with Crippen LogP contribution in [0.25, 0.3) is 0 Å². The monoisotopic (exact) mass is 805 g/mol. The maximum Gasteiger partial charge on any atom is 0.328 e. The van der Waals surface area contributed by atoms with Gasteiger partial charge in [-0.2, -0.15) is 0 Å². The minimum absolute atomic E-state index is 0.0622. The second kappa shape index (κ2) is 25.2. The molecule has 0 saturated carbocycles. The van der Waals surface area contributed by atoms with Crippen LogP contribution in [0, 0.1) is 5.92 Å². The Labute approximate surface area is 323 Å². The number of amides is 7. The summed E-state index contributed by atoms with van der Waals surface area (Å²) in [6.07, 6.45) is -5.39. The fraction of sp³-hybridized carbons (Fsp3) is 0.727. The highest BCUT2D eigenvalue weighted by Crippen LogP contribution is 2.12. The minimum atomic E-state index is -1.84. The van der Waals surface area contributed by atoms with Crippen molar-refractivity contribution >= 4 is 53.3 Å². The summed E-state index contributed by atoms with van der Waals surface area (Å²) in [7, 11) is 0. The van der Waals surface area contributed by atoms with Crippen molar-refractivity contribution in [3.63, 3.8) is 0 Å². The molecule has 0 rings (SSSR count). The second-order valence-electron chi connectivity index (χ2n) is 13.5. The molecule has 0 radical (unpaired) electrons. The van der Waals surface area contributed by atoms with Gasteiger partial charge in [-0.3, -0.25) is 38.4 Å². The van der Waals surface area contributed by atoms with E-state index in [1.807, 2.05) is 5.32 Å². The summed E-state index contributed by atoms with van der Waals surface area (Å²) < 4.78 is 0. The van der Waals surface area contributed by atoms with Crippen LogP contribution in [0.2, 0.25) is 0 Å².